The molecule has 0 fully saturated rings. The van der Waals surface area contributed by atoms with Crippen LogP contribution in [0.5, 0.6) is 0 Å². The van der Waals surface area contributed by atoms with E-state index in [4.69, 9.17) is 11.6 Å². The first-order valence-corrected chi connectivity index (χ1v) is 6.97. The second kappa shape index (κ2) is 5.76. The highest BCUT2D eigenvalue weighted by atomic mass is 79.9. The molecule has 1 aromatic carbocycles. The Hall–Kier alpha value is -1.000. The quantitative estimate of drug-likeness (QED) is 0.904. The maximum Gasteiger partial charge on any atom is 0.207 e. The number of aromatic nitrogens is 2. The molecule has 0 spiro atoms. The molecule has 0 unspecified atom stereocenters. The van der Waals surface area contributed by atoms with Gasteiger partial charge in [0.15, 0.2) is 0 Å². The maximum atomic E-state index is 5.95. The smallest absolute Gasteiger partial charge is 0.207 e. The molecule has 1 N–H and O–H groups in total. The summed E-state index contributed by atoms with van der Waals surface area (Å²) >= 11 is 9.47. The van der Waals surface area contributed by atoms with Gasteiger partial charge in [0, 0.05) is 28.4 Å². The molecule has 0 bridgehead atoms. The number of nitrogens with zero attached hydrogens (tertiary/aromatic N) is 2. The normalized spacial score (nSPS) is 10.9. The average molecular weight is 329 g/mol. The Morgan fingerprint density at radius 2 is 2.22 bits per heavy atom. The minimum atomic E-state index is 0.573. The molecule has 1 aromatic heterocycles. The average Bonchev–Trinajstić information content (AvgIpc) is 2.74. The van der Waals surface area contributed by atoms with E-state index in [9.17, 15) is 0 Å². The van der Waals surface area contributed by atoms with E-state index in [0.717, 1.165) is 22.7 Å². The van der Waals surface area contributed by atoms with Crippen LogP contribution in [-0.4, -0.2) is 16.1 Å². The first-order chi connectivity index (χ1) is 8.58. The summed E-state index contributed by atoms with van der Waals surface area (Å²) in [5.74, 6) is 1.41. The largest absolute Gasteiger partial charge is 0.355 e. The van der Waals surface area contributed by atoms with Crippen molar-refractivity contribution in [1.82, 2.24) is 9.55 Å². The van der Waals surface area contributed by atoms with Crippen LogP contribution in [0.25, 0.3) is 5.69 Å². The lowest BCUT2D eigenvalue weighted by atomic mass is 10.2. The standard InChI is InChI=1S/C13H15BrClN3/c1-9(2)8-17-13-16-5-6-18(13)12-4-3-10(15)7-11(12)14/h3-7,9H,8H2,1-2H3,(H,16,17). The third-order valence-corrected chi connectivity index (χ3v) is 3.35. The molecule has 2 aromatic rings. The van der Waals surface area contributed by atoms with Gasteiger partial charge in [0.05, 0.1) is 5.69 Å². The number of benzene rings is 1. The molecule has 2 rings (SSSR count). The van der Waals surface area contributed by atoms with Crippen LogP contribution in [0.15, 0.2) is 35.1 Å². The molecule has 0 amide bonds. The molecular weight excluding hydrogens is 314 g/mol. The van der Waals surface area contributed by atoms with Gasteiger partial charge in [0.2, 0.25) is 5.95 Å². The molecule has 18 heavy (non-hydrogen) atoms. The highest BCUT2D eigenvalue weighted by Crippen LogP contribution is 2.26. The molecular formula is C13H15BrClN3. The third kappa shape index (κ3) is 3.06. The van der Waals surface area contributed by atoms with E-state index >= 15 is 0 Å². The van der Waals surface area contributed by atoms with Gasteiger partial charge in [-0.25, -0.2) is 4.98 Å². The summed E-state index contributed by atoms with van der Waals surface area (Å²) < 4.78 is 2.95. The summed E-state index contributed by atoms with van der Waals surface area (Å²) in [4.78, 5) is 4.33. The molecule has 0 aliphatic rings. The van der Waals surface area contributed by atoms with Crippen LogP contribution < -0.4 is 5.32 Å². The van der Waals surface area contributed by atoms with Gasteiger partial charge in [-0.2, -0.15) is 0 Å². The van der Waals surface area contributed by atoms with Crippen molar-refractivity contribution in [3.05, 3.63) is 40.1 Å². The van der Waals surface area contributed by atoms with Crippen molar-refractivity contribution in [2.45, 2.75) is 13.8 Å². The summed E-state index contributed by atoms with van der Waals surface area (Å²) in [6, 6.07) is 5.71. The van der Waals surface area contributed by atoms with Crippen molar-refractivity contribution in [2.24, 2.45) is 5.92 Å². The molecule has 3 nitrogen and oxygen atoms in total. The van der Waals surface area contributed by atoms with Crippen LogP contribution in [0.3, 0.4) is 0 Å². The van der Waals surface area contributed by atoms with Gasteiger partial charge < -0.3 is 5.32 Å². The van der Waals surface area contributed by atoms with E-state index in [1.807, 2.05) is 29.0 Å². The van der Waals surface area contributed by atoms with E-state index in [-0.39, 0.29) is 0 Å². The van der Waals surface area contributed by atoms with Gasteiger partial charge in [0.1, 0.15) is 0 Å². The van der Waals surface area contributed by atoms with Crippen molar-refractivity contribution in [1.29, 1.82) is 0 Å². The molecule has 0 saturated carbocycles. The predicted molar refractivity (Wildman–Crippen MR) is 79.6 cm³/mol. The zero-order valence-electron chi connectivity index (χ0n) is 10.3. The molecule has 1 heterocycles. The zero-order chi connectivity index (χ0) is 13.1. The van der Waals surface area contributed by atoms with Crippen molar-refractivity contribution < 1.29 is 0 Å². The Balaban J connectivity index is 2.30. The van der Waals surface area contributed by atoms with E-state index in [1.165, 1.54) is 0 Å². The van der Waals surface area contributed by atoms with Crippen LogP contribution in [0.2, 0.25) is 5.02 Å². The van der Waals surface area contributed by atoms with Crippen molar-refractivity contribution in [2.75, 3.05) is 11.9 Å². The molecule has 0 radical (unpaired) electrons. The van der Waals surface area contributed by atoms with E-state index in [2.05, 4.69) is 40.1 Å². The number of imidazole rings is 1. The van der Waals surface area contributed by atoms with Gasteiger partial charge in [-0.05, 0) is 40.0 Å². The Morgan fingerprint density at radius 3 is 2.89 bits per heavy atom. The van der Waals surface area contributed by atoms with E-state index in [0.29, 0.717) is 10.9 Å². The Morgan fingerprint density at radius 1 is 1.44 bits per heavy atom. The minimum absolute atomic E-state index is 0.573. The fourth-order valence-electron chi connectivity index (χ4n) is 1.60. The number of halogens is 2. The van der Waals surface area contributed by atoms with E-state index in [1.54, 1.807) is 6.20 Å². The lowest BCUT2D eigenvalue weighted by molar-refractivity contribution is 0.683. The van der Waals surface area contributed by atoms with Gasteiger partial charge in [-0.1, -0.05) is 25.4 Å². The molecule has 0 aliphatic carbocycles. The molecule has 0 aliphatic heterocycles. The van der Waals surface area contributed by atoms with Crippen LogP contribution in [0.4, 0.5) is 5.95 Å². The molecule has 5 heteroatoms. The van der Waals surface area contributed by atoms with Gasteiger partial charge in [0.25, 0.3) is 0 Å². The lowest BCUT2D eigenvalue weighted by Gasteiger charge is -2.12. The fraction of sp³-hybridized carbons (Fsp3) is 0.308. The van der Waals surface area contributed by atoms with Crippen molar-refractivity contribution >= 4 is 33.5 Å². The monoisotopic (exact) mass is 327 g/mol. The van der Waals surface area contributed by atoms with Gasteiger partial charge >= 0.3 is 0 Å². The number of hydrogen-bond donors (Lipinski definition) is 1. The second-order valence-corrected chi connectivity index (χ2v) is 5.78. The van der Waals surface area contributed by atoms with Gasteiger partial charge in [-0.15, -0.1) is 0 Å². The topological polar surface area (TPSA) is 29.9 Å². The van der Waals surface area contributed by atoms with Crippen LogP contribution in [0, 0.1) is 5.92 Å². The summed E-state index contributed by atoms with van der Waals surface area (Å²) in [6.45, 7) is 5.22. The molecule has 0 saturated heterocycles. The lowest BCUT2D eigenvalue weighted by Crippen LogP contribution is -2.12. The highest BCUT2D eigenvalue weighted by Gasteiger charge is 2.08. The fourth-order valence-corrected chi connectivity index (χ4v) is 2.47. The number of anilines is 1. The maximum absolute atomic E-state index is 5.95. The third-order valence-electron chi connectivity index (χ3n) is 2.48. The van der Waals surface area contributed by atoms with Crippen molar-refractivity contribution in [3.8, 4) is 5.69 Å². The van der Waals surface area contributed by atoms with E-state index < -0.39 is 0 Å². The summed E-state index contributed by atoms with van der Waals surface area (Å²) in [5, 5.41) is 4.04. The number of hydrogen-bond acceptors (Lipinski definition) is 2. The Bertz CT molecular complexity index is 537. The Labute approximate surface area is 120 Å². The summed E-state index contributed by atoms with van der Waals surface area (Å²) in [6.07, 6.45) is 3.71. The first kappa shape index (κ1) is 13.4. The Kier molecular flexibility index (Phi) is 4.30. The number of nitrogens with one attached hydrogen (secondary N) is 1. The van der Waals surface area contributed by atoms with Gasteiger partial charge in [-0.3, -0.25) is 4.57 Å². The second-order valence-electron chi connectivity index (χ2n) is 4.49. The predicted octanol–water partition coefficient (Wildman–Crippen LogP) is 4.36. The molecule has 0 atom stereocenters. The zero-order valence-corrected chi connectivity index (χ0v) is 12.7. The van der Waals surface area contributed by atoms with Crippen LogP contribution in [-0.2, 0) is 0 Å². The number of rotatable bonds is 4. The van der Waals surface area contributed by atoms with Crippen LogP contribution >= 0.6 is 27.5 Å². The first-order valence-electron chi connectivity index (χ1n) is 5.80. The SMILES string of the molecule is CC(C)CNc1nccn1-c1ccc(Cl)cc1Br. The summed E-state index contributed by atoms with van der Waals surface area (Å²) in [5.41, 5.74) is 1.02. The van der Waals surface area contributed by atoms with Crippen molar-refractivity contribution in [3.63, 3.8) is 0 Å². The summed E-state index contributed by atoms with van der Waals surface area (Å²) in [7, 11) is 0. The molecule has 96 valence electrons. The minimum Gasteiger partial charge on any atom is -0.355 e. The highest BCUT2D eigenvalue weighted by molar-refractivity contribution is 9.10. The van der Waals surface area contributed by atoms with Crippen LogP contribution in [0.1, 0.15) is 13.8 Å².